The molecule has 2 aromatic rings. The Bertz CT molecular complexity index is 854. The van der Waals surface area contributed by atoms with Gasteiger partial charge >= 0.3 is 0 Å². The Hall–Kier alpha value is -2.14. The van der Waals surface area contributed by atoms with Gasteiger partial charge in [0.2, 0.25) is 5.91 Å². The second-order valence-electron chi connectivity index (χ2n) is 6.94. The molecule has 142 valence electrons. The Balaban J connectivity index is 1.72. The van der Waals surface area contributed by atoms with Crippen molar-refractivity contribution in [3.05, 3.63) is 48.0 Å². The van der Waals surface area contributed by atoms with Crippen molar-refractivity contribution in [1.82, 2.24) is 4.90 Å². The van der Waals surface area contributed by atoms with Crippen LogP contribution in [0.25, 0.3) is 10.8 Å². The molecule has 0 aliphatic carbocycles. The third kappa shape index (κ3) is 5.19. The van der Waals surface area contributed by atoms with E-state index in [1.165, 1.54) is 41.8 Å². The molecule has 1 heterocycles. The monoisotopic (exact) mass is 381 g/mol. The van der Waals surface area contributed by atoms with E-state index in [2.05, 4.69) is 41.4 Å². The second-order valence-corrected chi connectivity index (χ2v) is 7.88. The number of hydrogen-bond donors (Lipinski definition) is 0. The van der Waals surface area contributed by atoms with Crippen LogP contribution in [0, 0.1) is 0 Å². The Morgan fingerprint density at radius 3 is 2.78 bits per heavy atom. The molecule has 0 atom stereocenters. The smallest absolute Gasteiger partial charge is 0.239 e. The number of carbonyl (C=O) groups is 1. The number of amides is 1. The molecular weight excluding hydrogens is 354 g/mol. The van der Waals surface area contributed by atoms with Crippen LogP contribution in [0.1, 0.15) is 51.5 Å². The summed E-state index contributed by atoms with van der Waals surface area (Å²) in [6.07, 6.45) is 5.87. The average molecular weight is 382 g/mol. The zero-order valence-electron chi connectivity index (χ0n) is 16.1. The maximum Gasteiger partial charge on any atom is 0.239 e. The molecule has 2 aromatic carbocycles. The number of carbonyl (C=O) groups excluding carboxylic acids is 1. The van der Waals surface area contributed by atoms with Gasteiger partial charge in [0.15, 0.2) is 5.17 Å². The van der Waals surface area contributed by atoms with Crippen molar-refractivity contribution in [3.63, 3.8) is 0 Å². The van der Waals surface area contributed by atoms with E-state index in [1.54, 1.807) is 4.90 Å². The molecule has 1 saturated heterocycles. The summed E-state index contributed by atoms with van der Waals surface area (Å²) in [5.41, 5.74) is 2.17. The summed E-state index contributed by atoms with van der Waals surface area (Å²) in [5, 5.41) is 11.9. The van der Waals surface area contributed by atoms with Crippen molar-refractivity contribution in [2.24, 2.45) is 10.2 Å². The summed E-state index contributed by atoms with van der Waals surface area (Å²) in [5.74, 6) is 0.539. The van der Waals surface area contributed by atoms with Gasteiger partial charge in [0.05, 0.1) is 12.3 Å². The number of benzene rings is 2. The summed E-state index contributed by atoms with van der Waals surface area (Å²) in [4.78, 5) is 14.2. The number of hydrogen-bond acceptors (Lipinski definition) is 4. The molecule has 0 saturated carbocycles. The van der Waals surface area contributed by atoms with Crippen molar-refractivity contribution in [1.29, 1.82) is 0 Å². The summed E-state index contributed by atoms with van der Waals surface area (Å²) in [6, 6.07) is 14.5. The molecule has 4 nitrogen and oxygen atoms in total. The van der Waals surface area contributed by atoms with Gasteiger partial charge in [-0.25, -0.2) is 0 Å². The number of fused-ring (bicyclic) bond motifs is 1. The van der Waals surface area contributed by atoms with E-state index in [0.29, 0.717) is 17.5 Å². The summed E-state index contributed by atoms with van der Waals surface area (Å²) < 4.78 is 0. The van der Waals surface area contributed by atoms with Crippen molar-refractivity contribution in [2.45, 2.75) is 52.5 Å². The summed E-state index contributed by atoms with van der Waals surface area (Å²) in [7, 11) is 0. The fourth-order valence-corrected chi connectivity index (χ4v) is 4.04. The fourth-order valence-electron chi connectivity index (χ4n) is 3.21. The minimum Gasteiger partial charge on any atom is -0.285 e. The molecule has 0 bridgehead atoms. The molecule has 0 spiro atoms. The highest BCUT2D eigenvalue weighted by molar-refractivity contribution is 8.15. The van der Waals surface area contributed by atoms with Gasteiger partial charge < -0.3 is 0 Å². The predicted octanol–water partition coefficient (Wildman–Crippen LogP) is 5.62. The Morgan fingerprint density at radius 1 is 1.11 bits per heavy atom. The molecule has 27 heavy (non-hydrogen) atoms. The molecule has 1 fully saturated rings. The molecular formula is C22H27N3OS. The zero-order chi connectivity index (χ0) is 19.1. The van der Waals surface area contributed by atoms with E-state index in [4.69, 9.17) is 0 Å². The van der Waals surface area contributed by atoms with Gasteiger partial charge in [0.1, 0.15) is 0 Å². The maximum absolute atomic E-state index is 12.4. The SMILES string of the molecule is CCCCCC/C(C)=N/N=C1\SCC(=O)N1Cc1cccc2ccccc12. The lowest BCUT2D eigenvalue weighted by atomic mass is 10.0. The van der Waals surface area contributed by atoms with Crippen LogP contribution in [-0.2, 0) is 11.3 Å². The van der Waals surface area contributed by atoms with E-state index in [0.717, 1.165) is 24.1 Å². The number of amidine groups is 1. The van der Waals surface area contributed by atoms with Gasteiger partial charge in [-0.3, -0.25) is 9.69 Å². The van der Waals surface area contributed by atoms with Gasteiger partial charge in [0.25, 0.3) is 0 Å². The fraction of sp³-hybridized carbons (Fsp3) is 0.409. The lowest BCUT2D eigenvalue weighted by Gasteiger charge is -2.16. The van der Waals surface area contributed by atoms with Crippen molar-refractivity contribution >= 4 is 39.3 Å². The van der Waals surface area contributed by atoms with Crippen LogP contribution in [-0.4, -0.2) is 27.4 Å². The van der Waals surface area contributed by atoms with E-state index >= 15 is 0 Å². The number of nitrogens with zero attached hydrogens (tertiary/aromatic N) is 3. The highest BCUT2D eigenvalue weighted by atomic mass is 32.2. The van der Waals surface area contributed by atoms with Crippen LogP contribution < -0.4 is 0 Å². The summed E-state index contributed by atoms with van der Waals surface area (Å²) in [6.45, 7) is 4.77. The first-order valence-electron chi connectivity index (χ1n) is 9.70. The van der Waals surface area contributed by atoms with Crippen molar-refractivity contribution < 1.29 is 4.79 Å². The van der Waals surface area contributed by atoms with Crippen LogP contribution >= 0.6 is 11.8 Å². The topological polar surface area (TPSA) is 45.0 Å². The van der Waals surface area contributed by atoms with E-state index < -0.39 is 0 Å². The van der Waals surface area contributed by atoms with Crippen molar-refractivity contribution in [2.75, 3.05) is 5.75 Å². The number of thioether (sulfide) groups is 1. The third-order valence-electron chi connectivity index (χ3n) is 4.76. The lowest BCUT2D eigenvalue weighted by molar-refractivity contribution is -0.124. The predicted molar refractivity (Wildman–Crippen MR) is 116 cm³/mol. The summed E-state index contributed by atoms with van der Waals surface area (Å²) >= 11 is 1.48. The molecule has 1 amide bonds. The average Bonchev–Trinajstić information content (AvgIpc) is 3.03. The first kappa shape index (κ1) is 19.6. The molecule has 3 rings (SSSR count). The minimum atomic E-state index is 0.0995. The van der Waals surface area contributed by atoms with E-state index in [-0.39, 0.29) is 5.91 Å². The molecule has 0 radical (unpaired) electrons. The highest BCUT2D eigenvalue weighted by Gasteiger charge is 2.28. The van der Waals surface area contributed by atoms with E-state index in [9.17, 15) is 4.79 Å². The Kier molecular flexibility index (Phi) is 7.04. The second kappa shape index (κ2) is 9.70. The normalized spacial score (nSPS) is 16.7. The molecule has 1 aliphatic rings. The Labute approximate surface area is 165 Å². The van der Waals surface area contributed by atoms with Crippen molar-refractivity contribution in [3.8, 4) is 0 Å². The van der Waals surface area contributed by atoms with Crippen LogP contribution in [0.3, 0.4) is 0 Å². The van der Waals surface area contributed by atoms with Gasteiger partial charge in [-0.15, -0.1) is 5.10 Å². The number of unbranched alkanes of at least 4 members (excludes halogenated alkanes) is 3. The van der Waals surface area contributed by atoms with Gasteiger partial charge in [-0.05, 0) is 36.1 Å². The minimum absolute atomic E-state index is 0.0995. The molecule has 0 N–H and O–H groups in total. The highest BCUT2D eigenvalue weighted by Crippen LogP contribution is 2.25. The van der Waals surface area contributed by atoms with Crippen LogP contribution in [0.2, 0.25) is 0 Å². The van der Waals surface area contributed by atoms with Crippen LogP contribution in [0.5, 0.6) is 0 Å². The van der Waals surface area contributed by atoms with Gasteiger partial charge in [0, 0.05) is 5.71 Å². The zero-order valence-corrected chi connectivity index (χ0v) is 17.0. The molecule has 0 unspecified atom stereocenters. The van der Waals surface area contributed by atoms with E-state index in [1.807, 2.05) is 25.1 Å². The Morgan fingerprint density at radius 2 is 1.93 bits per heavy atom. The van der Waals surface area contributed by atoms with Gasteiger partial charge in [-0.2, -0.15) is 5.10 Å². The quantitative estimate of drug-likeness (QED) is 0.338. The third-order valence-corrected chi connectivity index (χ3v) is 5.72. The standard InChI is InChI=1S/C22H27N3OS/c1-3-4-5-6-10-17(2)23-24-22-25(21(26)16-27-22)15-19-13-9-12-18-11-7-8-14-20(18)19/h7-9,11-14H,3-6,10,15-16H2,1-2H3/b23-17+,24-22-. The largest absolute Gasteiger partial charge is 0.285 e. The lowest BCUT2D eigenvalue weighted by Crippen LogP contribution is -2.29. The van der Waals surface area contributed by atoms with Crippen LogP contribution in [0.15, 0.2) is 52.7 Å². The maximum atomic E-state index is 12.4. The first-order valence-corrected chi connectivity index (χ1v) is 10.7. The number of rotatable bonds is 8. The molecule has 5 heteroatoms. The first-order chi connectivity index (χ1) is 13.2. The van der Waals surface area contributed by atoms with Gasteiger partial charge in [-0.1, -0.05) is 80.4 Å². The molecule has 0 aromatic heterocycles. The van der Waals surface area contributed by atoms with Crippen LogP contribution in [0.4, 0.5) is 0 Å². The molecule has 1 aliphatic heterocycles.